The van der Waals surface area contributed by atoms with Gasteiger partial charge in [-0.15, -0.1) is 0 Å². The second kappa shape index (κ2) is 7.51. The Balaban J connectivity index is 1.38. The first kappa shape index (κ1) is 20.8. The minimum atomic E-state index is -1.01. The molecule has 2 fully saturated rings. The third kappa shape index (κ3) is 3.50. The van der Waals surface area contributed by atoms with Crippen LogP contribution in [0.4, 0.5) is 10.2 Å². The quantitative estimate of drug-likeness (QED) is 0.652. The predicted molar refractivity (Wildman–Crippen MR) is 121 cm³/mol. The summed E-state index contributed by atoms with van der Waals surface area (Å²) in [6.45, 7) is 4.18. The summed E-state index contributed by atoms with van der Waals surface area (Å²) < 4.78 is 17.3. The first-order valence-electron chi connectivity index (χ1n) is 11.0. The summed E-state index contributed by atoms with van der Waals surface area (Å²) in [7, 11) is 1.88. The normalized spacial score (nSPS) is 29.6. The molecule has 3 aromatic heterocycles. The Morgan fingerprint density at radius 3 is 2.78 bits per heavy atom. The molecule has 2 aliphatic rings. The summed E-state index contributed by atoms with van der Waals surface area (Å²) in [6, 6.07) is 1.21. The summed E-state index contributed by atoms with van der Waals surface area (Å²) in [5.74, 6) is 1.22. The monoisotopic (exact) mass is 437 g/mol. The van der Waals surface area contributed by atoms with E-state index in [4.69, 9.17) is 0 Å². The van der Waals surface area contributed by atoms with Gasteiger partial charge >= 0.3 is 0 Å². The van der Waals surface area contributed by atoms with E-state index >= 15 is 4.39 Å². The summed E-state index contributed by atoms with van der Waals surface area (Å²) in [5.41, 5.74) is 0.126. The van der Waals surface area contributed by atoms with Gasteiger partial charge in [0.15, 0.2) is 5.43 Å². The highest BCUT2D eigenvalue weighted by molar-refractivity contribution is 5.58. The molecule has 0 amide bonds. The Labute approximate surface area is 185 Å². The van der Waals surface area contributed by atoms with Crippen LogP contribution in [0.5, 0.6) is 0 Å². The van der Waals surface area contributed by atoms with Crippen LogP contribution in [0, 0.1) is 0 Å². The molecule has 0 spiro atoms. The fraction of sp³-hybridized carbons (Fsp3) is 0.478. The zero-order valence-corrected chi connectivity index (χ0v) is 18.5. The number of nitrogens with zero attached hydrogens (tertiary/aromatic N) is 5. The lowest BCUT2D eigenvalue weighted by atomic mass is 9.68. The highest BCUT2D eigenvalue weighted by atomic mass is 19.1. The van der Waals surface area contributed by atoms with E-state index in [1.54, 1.807) is 41.9 Å². The van der Waals surface area contributed by atoms with Crippen molar-refractivity contribution in [2.75, 3.05) is 11.9 Å². The van der Waals surface area contributed by atoms with Gasteiger partial charge in [0.05, 0.1) is 29.7 Å². The highest BCUT2D eigenvalue weighted by Crippen LogP contribution is 2.43. The largest absolute Gasteiger partial charge is 0.352 e. The number of piperidine rings is 2. The molecule has 0 radical (unpaired) electrons. The third-order valence-corrected chi connectivity index (χ3v) is 7.07. The lowest BCUT2D eigenvalue weighted by molar-refractivity contribution is 0.00197. The summed E-state index contributed by atoms with van der Waals surface area (Å²) >= 11 is 0. The SMILES string of the molecule is CN(c1cnc(-c2c[nH]c(-n3ccnc3)cc2=O)cn1)[C@@H]1C[C@@]2(C)CCC[C@](C)(N2)[C@H]1F. The Morgan fingerprint density at radius 1 is 1.25 bits per heavy atom. The Morgan fingerprint density at radius 2 is 2.09 bits per heavy atom. The molecule has 0 unspecified atom stereocenters. The molecule has 2 aliphatic heterocycles. The zero-order chi connectivity index (χ0) is 22.5. The highest BCUT2D eigenvalue weighted by Gasteiger charge is 2.53. The number of fused-ring (bicyclic) bond motifs is 2. The molecule has 5 heterocycles. The molecule has 5 rings (SSSR count). The van der Waals surface area contributed by atoms with Crippen molar-refractivity contribution in [1.82, 2.24) is 29.8 Å². The van der Waals surface area contributed by atoms with Crippen molar-refractivity contribution in [3.63, 3.8) is 0 Å². The molecule has 0 saturated carbocycles. The van der Waals surface area contributed by atoms with Crippen LogP contribution in [0.2, 0.25) is 0 Å². The summed E-state index contributed by atoms with van der Waals surface area (Å²) in [5, 5.41) is 3.56. The third-order valence-electron chi connectivity index (χ3n) is 7.07. The van der Waals surface area contributed by atoms with Crippen LogP contribution in [0.1, 0.15) is 39.5 Å². The van der Waals surface area contributed by atoms with Crippen LogP contribution in [0.15, 0.2) is 48.2 Å². The Kier molecular flexibility index (Phi) is 4.88. The zero-order valence-electron chi connectivity index (χ0n) is 18.5. The molecule has 168 valence electrons. The van der Waals surface area contributed by atoms with Crippen molar-refractivity contribution in [2.45, 2.75) is 62.8 Å². The van der Waals surface area contributed by atoms with Gasteiger partial charge in [-0.2, -0.15) is 0 Å². The van der Waals surface area contributed by atoms with Crippen LogP contribution >= 0.6 is 0 Å². The molecular weight excluding hydrogens is 409 g/mol. The van der Waals surface area contributed by atoms with Crippen LogP contribution in [-0.4, -0.2) is 54.8 Å². The van der Waals surface area contributed by atoms with E-state index in [2.05, 4.69) is 32.2 Å². The molecular formula is C23H28FN7O. The number of rotatable bonds is 4. The van der Waals surface area contributed by atoms with Gasteiger partial charge in [0, 0.05) is 42.8 Å². The molecule has 2 N–H and O–H groups in total. The van der Waals surface area contributed by atoms with Gasteiger partial charge in [-0.3, -0.25) is 14.3 Å². The minimum Gasteiger partial charge on any atom is -0.352 e. The second-order valence-corrected chi connectivity index (χ2v) is 9.57. The van der Waals surface area contributed by atoms with Gasteiger partial charge in [0.25, 0.3) is 0 Å². The van der Waals surface area contributed by atoms with E-state index in [0.717, 1.165) is 19.3 Å². The number of aromatic nitrogens is 5. The standard InChI is InChI=1S/C23H28FN7O/c1-22-5-4-6-23(2,29-22)21(24)17(10-22)30(3)20-13-26-16(12-28-20)15-11-27-19(9-18(15)32)31-8-7-25-14-31/h7-9,11-14,17,21,29H,4-6,10H2,1-3H3,(H,27,32)/t17-,21+,22-,23+/m1/s1. The lowest BCUT2D eigenvalue weighted by Gasteiger charge is -2.56. The number of H-pyrrole nitrogens is 1. The molecule has 4 atom stereocenters. The van der Waals surface area contributed by atoms with Crippen LogP contribution < -0.4 is 15.6 Å². The average molecular weight is 438 g/mol. The maximum Gasteiger partial charge on any atom is 0.193 e. The van der Waals surface area contributed by atoms with E-state index < -0.39 is 11.7 Å². The molecule has 3 aromatic rings. The number of aromatic amines is 1. The summed E-state index contributed by atoms with van der Waals surface area (Å²) in [4.78, 5) is 30.6. The van der Waals surface area contributed by atoms with Gasteiger partial charge < -0.3 is 15.2 Å². The van der Waals surface area contributed by atoms with Crippen LogP contribution in [0.3, 0.4) is 0 Å². The topological polar surface area (TPSA) is 91.7 Å². The number of hydrogen-bond donors (Lipinski definition) is 2. The minimum absolute atomic E-state index is 0.0772. The number of alkyl halides is 1. The van der Waals surface area contributed by atoms with E-state index in [-0.39, 0.29) is 17.0 Å². The lowest BCUT2D eigenvalue weighted by Crippen LogP contribution is -2.72. The molecule has 2 saturated heterocycles. The first-order chi connectivity index (χ1) is 15.3. The molecule has 8 nitrogen and oxygen atoms in total. The van der Waals surface area contributed by atoms with Crippen molar-refractivity contribution in [2.24, 2.45) is 0 Å². The number of imidazole rings is 1. The molecule has 9 heteroatoms. The second-order valence-electron chi connectivity index (χ2n) is 9.57. The van der Waals surface area contributed by atoms with Gasteiger partial charge in [-0.05, 0) is 39.5 Å². The van der Waals surface area contributed by atoms with E-state index in [1.807, 2.05) is 18.9 Å². The molecule has 0 aromatic carbocycles. The number of nitrogens with one attached hydrogen (secondary N) is 2. The van der Waals surface area contributed by atoms with Crippen molar-refractivity contribution in [3.8, 4) is 17.1 Å². The van der Waals surface area contributed by atoms with Gasteiger partial charge in [-0.25, -0.2) is 14.4 Å². The number of anilines is 1. The maximum atomic E-state index is 15.6. The van der Waals surface area contributed by atoms with Crippen LogP contribution in [0.25, 0.3) is 17.1 Å². The molecule has 0 aliphatic carbocycles. The van der Waals surface area contributed by atoms with Crippen molar-refractivity contribution < 1.29 is 4.39 Å². The number of pyridine rings is 1. The molecule has 2 bridgehead atoms. The van der Waals surface area contributed by atoms with Crippen molar-refractivity contribution >= 4 is 5.82 Å². The fourth-order valence-corrected chi connectivity index (χ4v) is 5.37. The summed E-state index contributed by atoms with van der Waals surface area (Å²) in [6.07, 6.45) is 12.4. The molecule has 32 heavy (non-hydrogen) atoms. The van der Waals surface area contributed by atoms with Crippen molar-refractivity contribution in [3.05, 3.63) is 53.6 Å². The number of halogens is 1. The van der Waals surface area contributed by atoms with Gasteiger partial charge in [-0.1, -0.05) is 0 Å². The van der Waals surface area contributed by atoms with Gasteiger partial charge in [0.2, 0.25) is 0 Å². The number of hydrogen-bond acceptors (Lipinski definition) is 6. The van der Waals surface area contributed by atoms with Crippen LogP contribution in [-0.2, 0) is 0 Å². The Bertz CT molecular complexity index is 1160. The van der Waals surface area contributed by atoms with E-state index in [1.165, 1.54) is 6.07 Å². The average Bonchev–Trinajstić information content (AvgIpc) is 3.31. The fourth-order valence-electron chi connectivity index (χ4n) is 5.37. The Hall–Kier alpha value is -3.07. The predicted octanol–water partition coefficient (Wildman–Crippen LogP) is 2.86. The first-order valence-corrected chi connectivity index (χ1v) is 11.0. The van der Waals surface area contributed by atoms with Gasteiger partial charge in [0.1, 0.15) is 24.1 Å². The maximum absolute atomic E-state index is 15.6. The van der Waals surface area contributed by atoms with E-state index in [9.17, 15) is 4.79 Å². The smallest absolute Gasteiger partial charge is 0.193 e. The van der Waals surface area contributed by atoms with E-state index in [0.29, 0.717) is 29.3 Å². The van der Waals surface area contributed by atoms with Crippen molar-refractivity contribution in [1.29, 1.82) is 0 Å².